The Morgan fingerprint density at radius 1 is 1.18 bits per heavy atom. The maximum absolute atomic E-state index is 15.3. The highest BCUT2D eigenvalue weighted by Gasteiger charge is 2.31. The quantitative estimate of drug-likeness (QED) is 0.182. The Morgan fingerprint density at radius 2 is 1.93 bits per heavy atom. The fourth-order valence-electron chi connectivity index (χ4n) is 5.65. The number of nitrogen functional groups attached to an aromatic ring is 1. The molecule has 1 amide bonds. The zero-order valence-electron chi connectivity index (χ0n) is 25.4. The van der Waals surface area contributed by atoms with E-state index in [1.165, 1.54) is 18.5 Å². The van der Waals surface area contributed by atoms with Gasteiger partial charge in [0, 0.05) is 49.4 Å². The van der Waals surface area contributed by atoms with Crippen molar-refractivity contribution in [2.75, 3.05) is 50.4 Å². The largest absolute Gasteiger partial charge is 0.457 e. The number of amides is 1. The summed E-state index contributed by atoms with van der Waals surface area (Å²) in [5.74, 6) is 0.140. The number of piperidine rings is 1. The fraction of sp³-hybridized carbons (Fsp3) is 0.364. The molecule has 0 unspecified atom stereocenters. The molecule has 0 saturated carbocycles. The van der Waals surface area contributed by atoms with E-state index in [9.17, 15) is 10.1 Å². The van der Waals surface area contributed by atoms with E-state index < -0.39 is 11.4 Å². The summed E-state index contributed by atoms with van der Waals surface area (Å²) in [7, 11) is 0. The first-order valence-corrected chi connectivity index (χ1v) is 14.9. The van der Waals surface area contributed by atoms with Crippen LogP contribution in [-0.4, -0.2) is 82.4 Å². The zero-order valence-corrected chi connectivity index (χ0v) is 25.4. The van der Waals surface area contributed by atoms with Crippen LogP contribution < -0.4 is 15.8 Å². The molecule has 0 spiro atoms. The van der Waals surface area contributed by atoms with Crippen molar-refractivity contribution in [3.8, 4) is 17.6 Å². The molecule has 0 aliphatic carbocycles. The summed E-state index contributed by atoms with van der Waals surface area (Å²) >= 11 is 0. The van der Waals surface area contributed by atoms with Crippen molar-refractivity contribution in [3.05, 3.63) is 83.5 Å². The van der Waals surface area contributed by atoms with Gasteiger partial charge in [0.15, 0.2) is 0 Å². The summed E-state index contributed by atoms with van der Waals surface area (Å²) in [5, 5.41) is 22.1. The Labute approximate surface area is 262 Å². The van der Waals surface area contributed by atoms with Crippen LogP contribution in [0.1, 0.15) is 37.8 Å². The van der Waals surface area contributed by atoms with E-state index in [2.05, 4.69) is 26.3 Å². The number of hydrogen-bond donors (Lipinski definition) is 3. The first-order valence-electron chi connectivity index (χ1n) is 14.9. The number of halogens is 1. The number of ether oxygens (including phenoxy) is 2. The lowest BCUT2D eigenvalue weighted by atomic mass is 9.97. The van der Waals surface area contributed by atoms with Crippen LogP contribution in [0.2, 0.25) is 0 Å². The number of nitrogens with two attached hydrogens (primary N) is 1. The van der Waals surface area contributed by atoms with Gasteiger partial charge in [0.25, 0.3) is 5.91 Å². The lowest BCUT2D eigenvalue weighted by Gasteiger charge is -2.39. The van der Waals surface area contributed by atoms with Gasteiger partial charge < -0.3 is 25.4 Å². The van der Waals surface area contributed by atoms with Crippen molar-refractivity contribution in [2.45, 2.75) is 38.3 Å². The molecule has 2 aliphatic rings. The van der Waals surface area contributed by atoms with Gasteiger partial charge in [-0.2, -0.15) is 5.26 Å². The number of carbonyl (C=O) groups is 1. The van der Waals surface area contributed by atoms with Crippen LogP contribution >= 0.6 is 0 Å². The van der Waals surface area contributed by atoms with E-state index in [1.54, 1.807) is 29.2 Å². The summed E-state index contributed by atoms with van der Waals surface area (Å²) < 4.78 is 26.5. The highest BCUT2D eigenvalue weighted by molar-refractivity contribution is 6.16. The summed E-state index contributed by atoms with van der Waals surface area (Å²) in [6.07, 6.45) is 4.43. The van der Waals surface area contributed by atoms with Gasteiger partial charge in [0.05, 0.1) is 24.5 Å². The molecule has 3 heterocycles. The summed E-state index contributed by atoms with van der Waals surface area (Å²) in [6, 6.07) is 15.1. The lowest BCUT2D eigenvalue weighted by molar-refractivity contribution is -0.127. The second-order valence-corrected chi connectivity index (χ2v) is 11.6. The van der Waals surface area contributed by atoms with Crippen molar-refractivity contribution in [2.24, 2.45) is 0 Å². The Morgan fingerprint density at radius 3 is 2.64 bits per heavy atom. The minimum absolute atomic E-state index is 0.00657. The molecule has 1 aromatic heterocycles. The number of hydrogen-bond acceptors (Lipinski definition) is 10. The van der Waals surface area contributed by atoms with Gasteiger partial charge in [-0.15, -0.1) is 0 Å². The number of nitriles is 1. The predicted molar refractivity (Wildman–Crippen MR) is 169 cm³/mol. The van der Waals surface area contributed by atoms with Gasteiger partial charge in [-0.3, -0.25) is 15.1 Å². The predicted octanol–water partition coefficient (Wildman–Crippen LogP) is 4.37. The lowest BCUT2D eigenvalue weighted by Crippen LogP contribution is -2.50. The van der Waals surface area contributed by atoms with E-state index in [1.807, 2.05) is 32.0 Å². The van der Waals surface area contributed by atoms with Crippen LogP contribution in [0.25, 0.3) is 0 Å². The third-order valence-electron chi connectivity index (χ3n) is 8.04. The smallest absolute Gasteiger partial charge is 0.264 e. The molecule has 0 bridgehead atoms. The first kappa shape index (κ1) is 31.6. The van der Waals surface area contributed by atoms with Crippen molar-refractivity contribution >= 4 is 23.3 Å². The van der Waals surface area contributed by atoms with Gasteiger partial charge in [-0.05, 0) is 57.0 Å². The van der Waals surface area contributed by atoms with Crippen molar-refractivity contribution in [1.29, 1.82) is 10.7 Å². The summed E-state index contributed by atoms with van der Waals surface area (Å²) in [6.45, 7) is 7.47. The van der Waals surface area contributed by atoms with E-state index in [4.69, 9.17) is 20.6 Å². The molecule has 1 atom stereocenters. The molecule has 3 aromatic rings. The number of anilines is 2. The molecular weight excluding hydrogens is 575 g/mol. The van der Waals surface area contributed by atoms with Crippen molar-refractivity contribution in [1.82, 2.24) is 19.8 Å². The molecule has 5 rings (SSSR count). The number of benzene rings is 2. The van der Waals surface area contributed by atoms with Gasteiger partial charge in [0.2, 0.25) is 0 Å². The molecule has 2 aromatic carbocycles. The molecule has 0 radical (unpaired) electrons. The van der Waals surface area contributed by atoms with Crippen molar-refractivity contribution < 1.29 is 18.7 Å². The summed E-state index contributed by atoms with van der Waals surface area (Å²) in [5.41, 5.74) is 5.77. The number of nitrogens with zero attached hydrogens (tertiary/aromatic N) is 5. The first-order chi connectivity index (χ1) is 21.7. The molecule has 2 saturated heterocycles. The monoisotopic (exact) mass is 612 g/mol. The van der Waals surface area contributed by atoms with Crippen LogP contribution in [0.15, 0.2) is 66.5 Å². The van der Waals surface area contributed by atoms with Crippen LogP contribution in [0.5, 0.6) is 11.5 Å². The van der Waals surface area contributed by atoms with E-state index in [0.717, 1.165) is 13.1 Å². The maximum atomic E-state index is 15.3. The Kier molecular flexibility index (Phi) is 9.71. The van der Waals surface area contributed by atoms with E-state index in [0.29, 0.717) is 44.9 Å². The molecular formula is C33H37FN8O3. The van der Waals surface area contributed by atoms with E-state index >= 15 is 4.39 Å². The normalized spacial score (nSPS) is 17.8. The number of morpholine rings is 1. The standard InChI is InChI=1S/C33H37FN8O3/c1-33(2,42-13-15-44-16-14-42)18-22(19-35)32(43)41-12-6-7-23(20-41)40-31-28(30(37)38-21-39-31)29(36)26-11-10-25(17-27(26)34)45-24-8-4-3-5-9-24/h3-5,8-11,17-18,21,23,36H,6-7,12-16,20H2,1-2H3,(H3,37,38,39,40)/b22-18+,36-29?/t23-/m1/s1. The third-order valence-corrected chi connectivity index (χ3v) is 8.04. The fourth-order valence-corrected chi connectivity index (χ4v) is 5.65. The van der Waals surface area contributed by atoms with Crippen LogP contribution in [-0.2, 0) is 9.53 Å². The molecule has 2 aliphatic heterocycles. The molecule has 4 N–H and O–H groups in total. The minimum Gasteiger partial charge on any atom is -0.457 e. The molecule has 234 valence electrons. The number of carbonyl (C=O) groups excluding carboxylic acids is 1. The Bertz CT molecular complexity index is 1620. The topological polar surface area (TPSA) is 153 Å². The van der Waals surface area contributed by atoms with Crippen LogP contribution in [0.4, 0.5) is 16.0 Å². The SMILES string of the molecule is CC(C)(/C=C(\C#N)C(=O)N1CCC[C@@H](Nc2ncnc(N)c2C(=N)c2ccc(Oc3ccccc3)cc2F)C1)N1CCOCC1. The number of nitrogens with one attached hydrogen (secondary N) is 2. The average molecular weight is 613 g/mol. The van der Waals surface area contributed by atoms with Gasteiger partial charge >= 0.3 is 0 Å². The van der Waals surface area contributed by atoms with Crippen LogP contribution in [0, 0.1) is 22.6 Å². The second-order valence-electron chi connectivity index (χ2n) is 11.6. The van der Waals surface area contributed by atoms with Gasteiger partial charge in [-0.25, -0.2) is 14.4 Å². The third kappa shape index (κ3) is 7.45. The number of aromatic nitrogens is 2. The number of para-hydroxylation sites is 1. The maximum Gasteiger partial charge on any atom is 0.264 e. The van der Waals surface area contributed by atoms with Gasteiger partial charge in [-0.1, -0.05) is 18.2 Å². The second kappa shape index (κ2) is 13.8. The Balaban J connectivity index is 1.31. The highest BCUT2D eigenvalue weighted by Crippen LogP contribution is 2.29. The zero-order chi connectivity index (χ0) is 32.0. The van der Waals surface area contributed by atoms with Crippen molar-refractivity contribution in [3.63, 3.8) is 0 Å². The molecule has 2 fully saturated rings. The number of likely N-dealkylation sites (tertiary alicyclic amines) is 1. The van der Waals surface area contributed by atoms with Gasteiger partial charge in [0.1, 0.15) is 46.9 Å². The van der Waals surface area contributed by atoms with Crippen LogP contribution in [0.3, 0.4) is 0 Å². The molecule has 12 heteroatoms. The molecule has 45 heavy (non-hydrogen) atoms. The summed E-state index contributed by atoms with van der Waals surface area (Å²) in [4.78, 5) is 25.8. The average Bonchev–Trinajstić information content (AvgIpc) is 3.04. The molecule has 11 nitrogen and oxygen atoms in total. The minimum atomic E-state index is -0.659. The van der Waals surface area contributed by atoms with E-state index in [-0.39, 0.29) is 51.7 Å². The highest BCUT2D eigenvalue weighted by atomic mass is 19.1. The number of rotatable bonds is 9. The Hall–Kier alpha value is -4.86.